The summed E-state index contributed by atoms with van der Waals surface area (Å²) in [6, 6.07) is 10.3. The van der Waals surface area contributed by atoms with Crippen LogP contribution in [-0.4, -0.2) is 43.7 Å². The third kappa shape index (κ3) is 5.14. The largest absolute Gasteiger partial charge is 0.322 e. The van der Waals surface area contributed by atoms with Gasteiger partial charge in [0, 0.05) is 17.2 Å². The maximum absolute atomic E-state index is 14.0. The number of rotatable bonds is 6. The van der Waals surface area contributed by atoms with Gasteiger partial charge in [0.1, 0.15) is 0 Å². The van der Waals surface area contributed by atoms with Crippen molar-refractivity contribution in [2.45, 2.75) is 70.2 Å². The van der Waals surface area contributed by atoms with E-state index >= 15 is 0 Å². The van der Waals surface area contributed by atoms with E-state index in [1.807, 2.05) is 25.1 Å². The van der Waals surface area contributed by atoms with Gasteiger partial charge in [0.05, 0.1) is 10.9 Å². The van der Waals surface area contributed by atoms with Crippen LogP contribution in [0, 0.1) is 12.8 Å². The number of hydrogen-bond donors (Lipinski definition) is 2. The molecule has 0 saturated carbocycles. The number of carbonyl (C=O) groups excluding carboxylic acids is 2. The lowest BCUT2D eigenvalue weighted by molar-refractivity contribution is -0.131. The Bertz CT molecular complexity index is 1220. The Hall–Kier alpha value is -2.71. The molecular weight excluding hydrogens is 462 g/mol. The van der Waals surface area contributed by atoms with Gasteiger partial charge in [0.25, 0.3) is 15.9 Å². The fraction of sp³-hybridized carbons (Fsp3) is 0.481. The van der Waals surface area contributed by atoms with Crippen molar-refractivity contribution >= 4 is 27.5 Å². The van der Waals surface area contributed by atoms with Gasteiger partial charge in [-0.2, -0.15) is 0 Å². The number of benzene rings is 2. The zero-order valence-electron chi connectivity index (χ0n) is 20.8. The fourth-order valence-electron chi connectivity index (χ4n) is 5.11. The molecule has 35 heavy (non-hydrogen) atoms. The first-order chi connectivity index (χ1) is 16.7. The third-order valence-corrected chi connectivity index (χ3v) is 8.95. The quantitative estimate of drug-likeness (QED) is 0.628. The van der Waals surface area contributed by atoms with Gasteiger partial charge >= 0.3 is 0 Å². The molecule has 1 aliphatic carbocycles. The summed E-state index contributed by atoms with van der Waals surface area (Å²) in [5.74, 6) is -1.00. The number of sulfonamides is 1. The lowest BCUT2D eigenvalue weighted by atomic mass is 9.90. The summed E-state index contributed by atoms with van der Waals surface area (Å²) in [4.78, 5) is 26.4. The van der Waals surface area contributed by atoms with Crippen molar-refractivity contribution in [1.29, 1.82) is 0 Å². The summed E-state index contributed by atoms with van der Waals surface area (Å²) in [5.41, 5.74) is 3.71. The first-order valence-electron chi connectivity index (χ1n) is 12.5. The van der Waals surface area contributed by atoms with Gasteiger partial charge in [-0.25, -0.2) is 12.7 Å². The molecule has 2 aromatic carbocycles. The Morgan fingerprint density at radius 2 is 1.66 bits per heavy atom. The number of hydrogen-bond acceptors (Lipinski definition) is 5. The highest BCUT2D eigenvalue weighted by Crippen LogP contribution is 2.36. The molecule has 2 aromatic rings. The number of nitrogens with zero attached hydrogens (tertiary/aromatic N) is 1. The Balaban J connectivity index is 1.74. The molecule has 0 aromatic heterocycles. The highest BCUT2D eigenvalue weighted by atomic mass is 32.2. The second-order valence-electron chi connectivity index (χ2n) is 9.82. The van der Waals surface area contributed by atoms with Gasteiger partial charge in [0.2, 0.25) is 5.91 Å². The van der Waals surface area contributed by atoms with E-state index in [-0.39, 0.29) is 22.8 Å². The van der Waals surface area contributed by atoms with Crippen molar-refractivity contribution < 1.29 is 18.0 Å². The SMILES string of the molecule is Cc1ccccc1C(=O)Nc1ccc(S(=O)(=O)N(C(=O)C(C)C)C2CCNCC2)c2c1CCCC2. The number of aryl methyl sites for hydroxylation is 1. The number of amides is 2. The van der Waals surface area contributed by atoms with Crippen LogP contribution >= 0.6 is 0 Å². The summed E-state index contributed by atoms with van der Waals surface area (Å²) in [6.45, 7) is 6.74. The second-order valence-corrected chi connectivity index (χ2v) is 11.6. The maximum Gasteiger partial charge on any atom is 0.267 e. The number of nitrogens with one attached hydrogen (secondary N) is 2. The van der Waals surface area contributed by atoms with E-state index in [1.165, 1.54) is 0 Å². The Labute approximate surface area is 208 Å². The van der Waals surface area contributed by atoms with E-state index in [4.69, 9.17) is 0 Å². The number of fused-ring (bicyclic) bond motifs is 1. The van der Waals surface area contributed by atoms with Gasteiger partial charge in [-0.1, -0.05) is 32.0 Å². The van der Waals surface area contributed by atoms with Crippen LogP contribution in [0.5, 0.6) is 0 Å². The van der Waals surface area contributed by atoms with Crippen LogP contribution in [0.4, 0.5) is 5.69 Å². The molecule has 2 amide bonds. The minimum Gasteiger partial charge on any atom is -0.322 e. The average molecular weight is 498 g/mol. The molecule has 0 spiro atoms. The lowest BCUT2D eigenvalue weighted by Gasteiger charge is -2.36. The third-order valence-electron chi connectivity index (χ3n) is 7.02. The Kier molecular flexibility index (Phi) is 7.62. The molecule has 0 bridgehead atoms. The molecule has 0 unspecified atom stereocenters. The van der Waals surface area contributed by atoms with Crippen LogP contribution < -0.4 is 10.6 Å². The van der Waals surface area contributed by atoms with Crippen molar-refractivity contribution in [3.63, 3.8) is 0 Å². The van der Waals surface area contributed by atoms with Crippen molar-refractivity contribution in [2.24, 2.45) is 5.92 Å². The number of anilines is 1. The van der Waals surface area contributed by atoms with Gasteiger partial charge in [0.15, 0.2) is 0 Å². The molecule has 1 fully saturated rings. The maximum atomic E-state index is 14.0. The second kappa shape index (κ2) is 10.5. The minimum atomic E-state index is -4.05. The van der Waals surface area contributed by atoms with Crippen molar-refractivity contribution in [3.8, 4) is 0 Å². The average Bonchev–Trinajstić information content (AvgIpc) is 2.84. The van der Waals surface area contributed by atoms with Gasteiger partial charge < -0.3 is 10.6 Å². The van der Waals surface area contributed by atoms with Crippen LogP contribution in [0.15, 0.2) is 41.3 Å². The lowest BCUT2D eigenvalue weighted by Crippen LogP contribution is -2.50. The predicted octanol–water partition coefficient (Wildman–Crippen LogP) is 4.05. The van der Waals surface area contributed by atoms with Crippen LogP contribution in [0.3, 0.4) is 0 Å². The van der Waals surface area contributed by atoms with Gasteiger partial charge in [-0.3, -0.25) is 9.59 Å². The summed E-state index contributed by atoms with van der Waals surface area (Å²) in [6.07, 6.45) is 4.29. The van der Waals surface area contributed by atoms with Crippen LogP contribution in [0.25, 0.3) is 0 Å². The molecule has 1 aliphatic heterocycles. The topological polar surface area (TPSA) is 95.6 Å². The predicted molar refractivity (Wildman–Crippen MR) is 137 cm³/mol. The molecule has 2 aliphatic rings. The van der Waals surface area contributed by atoms with Crippen LogP contribution in [-0.2, 0) is 27.7 Å². The molecule has 2 N–H and O–H groups in total. The molecule has 0 atom stereocenters. The molecule has 4 rings (SSSR count). The Morgan fingerprint density at radius 3 is 2.31 bits per heavy atom. The molecule has 1 saturated heterocycles. The van der Waals surface area contributed by atoms with E-state index in [2.05, 4.69) is 10.6 Å². The van der Waals surface area contributed by atoms with Crippen molar-refractivity contribution in [2.75, 3.05) is 18.4 Å². The zero-order valence-corrected chi connectivity index (χ0v) is 21.6. The molecule has 1 heterocycles. The standard InChI is InChI=1S/C27H35N3O4S/c1-18(2)27(32)30(20-14-16-28-17-15-20)35(33,34)25-13-12-24(22-10-6-7-11-23(22)25)29-26(31)21-9-5-4-8-19(21)3/h4-5,8-9,12-13,18,20,28H,6-7,10-11,14-17H2,1-3H3,(H,29,31). The fourth-order valence-corrected chi connectivity index (χ4v) is 7.15. The highest BCUT2D eigenvalue weighted by molar-refractivity contribution is 7.89. The van der Waals surface area contributed by atoms with E-state index < -0.39 is 15.9 Å². The first kappa shape index (κ1) is 25.4. The van der Waals surface area contributed by atoms with E-state index in [0.29, 0.717) is 50.0 Å². The molecule has 7 nitrogen and oxygen atoms in total. The summed E-state index contributed by atoms with van der Waals surface area (Å²) < 4.78 is 29.3. The van der Waals surface area contributed by atoms with Crippen LogP contribution in [0.2, 0.25) is 0 Å². The van der Waals surface area contributed by atoms with Crippen molar-refractivity contribution in [1.82, 2.24) is 9.62 Å². The van der Waals surface area contributed by atoms with E-state index in [9.17, 15) is 18.0 Å². The molecule has 0 radical (unpaired) electrons. The van der Waals surface area contributed by atoms with Gasteiger partial charge in [-0.05, 0) is 93.4 Å². The summed E-state index contributed by atoms with van der Waals surface area (Å²) >= 11 is 0. The zero-order chi connectivity index (χ0) is 25.2. The van der Waals surface area contributed by atoms with Crippen molar-refractivity contribution in [3.05, 3.63) is 58.7 Å². The monoisotopic (exact) mass is 497 g/mol. The summed E-state index contributed by atoms with van der Waals surface area (Å²) in [7, 11) is -4.05. The number of carbonyl (C=O) groups is 2. The number of piperidine rings is 1. The van der Waals surface area contributed by atoms with Crippen LogP contribution in [0.1, 0.15) is 66.6 Å². The highest BCUT2D eigenvalue weighted by Gasteiger charge is 2.39. The molecule has 8 heteroatoms. The first-order valence-corrected chi connectivity index (χ1v) is 14.0. The molecular formula is C27H35N3O4S. The molecule has 188 valence electrons. The van der Waals surface area contributed by atoms with E-state index in [0.717, 1.165) is 33.8 Å². The normalized spacial score (nSPS) is 16.6. The van der Waals surface area contributed by atoms with Gasteiger partial charge in [-0.15, -0.1) is 0 Å². The summed E-state index contributed by atoms with van der Waals surface area (Å²) in [5, 5.41) is 6.27. The van der Waals surface area contributed by atoms with E-state index in [1.54, 1.807) is 32.0 Å². The Morgan fingerprint density at radius 1 is 1.00 bits per heavy atom. The minimum absolute atomic E-state index is 0.202. The smallest absolute Gasteiger partial charge is 0.267 e.